The second kappa shape index (κ2) is 9.56. The lowest BCUT2D eigenvalue weighted by Crippen LogP contribution is -1.97. The summed E-state index contributed by atoms with van der Waals surface area (Å²) in [6.07, 6.45) is 10.8. The van der Waals surface area contributed by atoms with Crippen LogP contribution in [-0.4, -0.2) is 0 Å². The van der Waals surface area contributed by atoms with Crippen LogP contribution in [0.25, 0.3) is 28.0 Å². The Morgan fingerprint density at radius 2 is 1.55 bits per heavy atom. The molecule has 148 valence electrons. The third-order valence-electron chi connectivity index (χ3n) is 5.73. The second-order valence-corrected chi connectivity index (χ2v) is 7.75. The number of rotatable bonds is 6. The Labute approximate surface area is 176 Å². The molecular weight excluding hydrogens is 348 g/mol. The van der Waals surface area contributed by atoms with Crippen LogP contribution in [0.3, 0.4) is 0 Å². The molecule has 0 heterocycles. The average molecular weight is 381 g/mol. The van der Waals surface area contributed by atoms with Crippen LogP contribution in [0, 0.1) is 6.92 Å². The lowest BCUT2D eigenvalue weighted by atomic mass is 9.86. The summed E-state index contributed by atoms with van der Waals surface area (Å²) in [6.45, 7) is 11.1. The molecule has 3 aromatic rings. The highest BCUT2D eigenvalue weighted by Crippen LogP contribution is 2.36. The first-order valence-electron chi connectivity index (χ1n) is 10.7. The predicted molar refractivity (Wildman–Crippen MR) is 131 cm³/mol. The fourth-order valence-electron chi connectivity index (χ4n) is 4.22. The maximum Gasteiger partial charge on any atom is -0.01000 e. The molecule has 0 fully saturated rings. The molecule has 0 saturated heterocycles. The van der Waals surface area contributed by atoms with Gasteiger partial charge >= 0.3 is 0 Å². The maximum atomic E-state index is 2.33. The Bertz CT molecular complexity index is 1090. The largest absolute Gasteiger partial charge is 0.0877 e. The zero-order valence-corrected chi connectivity index (χ0v) is 18.4. The van der Waals surface area contributed by atoms with Crippen molar-refractivity contribution in [1.82, 2.24) is 0 Å². The van der Waals surface area contributed by atoms with Crippen LogP contribution in [0.5, 0.6) is 0 Å². The van der Waals surface area contributed by atoms with Gasteiger partial charge in [-0.3, -0.25) is 0 Å². The molecule has 0 amide bonds. The topological polar surface area (TPSA) is 0 Å². The zero-order chi connectivity index (χ0) is 20.8. The highest BCUT2D eigenvalue weighted by molar-refractivity contribution is 6.04. The Kier molecular flexibility index (Phi) is 6.88. The molecule has 0 spiro atoms. The normalized spacial score (nSPS) is 12.9. The molecule has 0 heteroatoms. The monoisotopic (exact) mass is 380 g/mol. The third kappa shape index (κ3) is 4.43. The van der Waals surface area contributed by atoms with Crippen molar-refractivity contribution in [3.8, 4) is 0 Å². The summed E-state index contributed by atoms with van der Waals surface area (Å²) in [4.78, 5) is 0. The highest BCUT2D eigenvalue weighted by atomic mass is 14.2. The number of aryl methyl sites for hydroxylation is 2. The quantitative estimate of drug-likeness (QED) is 0.296. The first-order valence-corrected chi connectivity index (χ1v) is 10.7. The molecule has 0 saturated carbocycles. The summed E-state index contributed by atoms with van der Waals surface area (Å²) in [5, 5.41) is 2.64. The minimum Gasteiger partial charge on any atom is -0.0877 e. The smallest absolute Gasteiger partial charge is 0.01000 e. The number of hydrogen-bond acceptors (Lipinski definition) is 0. The van der Waals surface area contributed by atoms with E-state index in [0.29, 0.717) is 0 Å². The Hall–Kier alpha value is -2.86. The second-order valence-electron chi connectivity index (χ2n) is 7.75. The number of allylic oxidation sites excluding steroid dienone is 5. The molecule has 0 N–H and O–H groups in total. The van der Waals surface area contributed by atoms with Crippen molar-refractivity contribution in [2.45, 2.75) is 47.5 Å². The molecule has 0 nitrogen and oxygen atoms in total. The maximum absolute atomic E-state index is 2.33. The lowest BCUT2D eigenvalue weighted by Gasteiger charge is -2.18. The summed E-state index contributed by atoms with van der Waals surface area (Å²) in [5.41, 5.74) is 9.54. The molecule has 0 bridgehead atoms. The van der Waals surface area contributed by atoms with Crippen molar-refractivity contribution in [2.75, 3.05) is 0 Å². The molecule has 0 aliphatic heterocycles. The van der Waals surface area contributed by atoms with Crippen molar-refractivity contribution in [3.05, 3.63) is 101 Å². The first kappa shape index (κ1) is 20.9. The SMILES string of the molecule is C/C=C\C=C/c1cc(C)c(/C(C)=C(\C)c2ccccc2CCC)c2ccccc12. The van der Waals surface area contributed by atoms with E-state index in [1.165, 1.54) is 56.2 Å². The number of fused-ring (bicyclic) bond motifs is 1. The zero-order valence-electron chi connectivity index (χ0n) is 18.4. The van der Waals surface area contributed by atoms with Crippen LogP contribution in [-0.2, 0) is 6.42 Å². The standard InChI is InChI=1S/C29H32/c1-6-8-9-16-25-20-21(3)29(28-19-13-12-18-27(25)28)23(5)22(4)26-17-11-10-15-24(26)14-7-2/h6,8-13,15-20H,7,14H2,1-5H3/b8-6-,16-9-,23-22+. The van der Waals surface area contributed by atoms with Gasteiger partial charge in [-0.2, -0.15) is 0 Å². The van der Waals surface area contributed by atoms with Crippen LogP contribution in [0.4, 0.5) is 0 Å². The van der Waals surface area contributed by atoms with Crippen molar-refractivity contribution in [3.63, 3.8) is 0 Å². The van der Waals surface area contributed by atoms with E-state index in [4.69, 9.17) is 0 Å². The summed E-state index contributed by atoms with van der Waals surface area (Å²) in [7, 11) is 0. The van der Waals surface area contributed by atoms with Gasteiger partial charge in [-0.05, 0) is 83.9 Å². The van der Waals surface area contributed by atoms with Crippen LogP contribution >= 0.6 is 0 Å². The van der Waals surface area contributed by atoms with Gasteiger partial charge in [-0.1, -0.05) is 92.2 Å². The van der Waals surface area contributed by atoms with Gasteiger partial charge in [0, 0.05) is 0 Å². The van der Waals surface area contributed by atoms with Gasteiger partial charge in [0.1, 0.15) is 0 Å². The van der Waals surface area contributed by atoms with Gasteiger partial charge in [0.25, 0.3) is 0 Å². The van der Waals surface area contributed by atoms with Crippen LogP contribution in [0.2, 0.25) is 0 Å². The predicted octanol–water partition coefficient (Wildman–Crippen LogP) is 8.64. The minimum atomic E-state index is 1.12. The number of benzene rings is 3. The Balaban J connectivity index is 2.23. The summed E-state index contributed by atoms with van der Waals surface area (Å²) in [6, 6.07) is 20.0. The summed E-state index contributed by atoms with van der Waals surface area (Å²) < 4.78 is 0. The highest BCUT2D eigenvalue weighted by Gasteiger charge is 2.13. The number of hydrogen-bond donors (Lipinski definition) is 0. The molecule has 0 atom stereocenters. The molecule has 0 aliphatic rings. The molecule has 0 aromatic heterocycles. The van der Waals surface area contributed by atoms with E-state index in [2.05, 4.69) is 107 Å². The first-order chi connectivity index (χ1) is 14.1. The van der Waals surface area contributed by atoms with E-state index in [1.807, 2.05) is 6.92 Å². The van der Waals surface area contributed by atoms with E-state index in [9.17, 15) is 0 Å². The van der Waals surface area contributed by atoms with E-state index < -0.39 is 0 Å². The van der Waals surface area contributed by atoms with Gasteiger partial charge in [-0.25, -0.2) is 0 Å². The molecule has 0 radical (unpaired) electrons. The van der Waals surface area contributed by atoms with E-state index in [-0.39, 0.29) is 0 Å². The van der Waals surface area contributed by atoms with Gasteiger partial charge in [-0.15, -0.1) is 0 Å². The van der Waals surface area contributed by atoms with Gasteiger partial charge in [0.15, 0.2) is 0 Å². The Morgan fingerprint density at radius 3 is 2.28 bits per heavy atom. The van der Waals surface area contributed by atoms with E-state index in [0.717, 1.165) is 6.42 Å². The molecular formula is C29H32. The van der Waals surface area contributed by atoms with Crippen molar-refractivity contribution >= 4 is 28.0 Å². The van der Waals surface area contributed by atoms with Crippen molar-refractivity contribution in [1.29, 1.82) is 0 Å². The van der Waals surface area contributed by atoms with Crippen LogP contribution in [0.1, 0.15) is 61.9 Å². The molecule has 0 unspecified atom stereocenters. The Morgan fingerprint density at radius 1 is 0.862 bits per heavy atom. The van der Waals surface area contributed by atoms with Gasteiger partial charge in [0.2, 0.25) is 0 Å². The van der Waals surface area contributed by atoms with E-state index >= 15 is 0 Å². The van der Waals surface area contributed by atoms with E-state index in [1.54, 1.807) is 0 Å². The summed E-state index contributed by atoms with van der Waals surface area (Å²) >= 11 is 0. The van der Waals surface area contributed by atoms with Gasteiger partial charge < -0.3 is 0 Å². The van der Waals surface area contributed by atoms with Crippen LogP contribution < -0.4 is 0 Å². The van der Waals surface area contributed by atoms with Crippen molar-refractivity contribution < 1.29 is 0 Å². The van der Waals surface area contributed by atoms with Crippen LogP contribution in [0.15, 0.2) is 72.8 Å². The molecule has 3 aromatic carbocycles. The minimum absolute atomic E-state index is 1.12. The van der Waals surface area contributed by atoms with Crippen molar-refractivity contribution in [2.24, 2.45) is 0 Å². The molecule has 29 heavy (non-hydrogen) atoms. The average Bonchev–Trinajstić information content (AvgIpc) is 2.74. The third-order valence-corrected chi connectivity index (χ3v) is 5.73. The molecule has 3 rings (SSSR count). The summed E-state index contributed by atoms with van der Waals surface area (Å²) in [5.74, 6) is 0. The fourth-order valence-corrected chi connectivity index (χ4v) is 4.22. The fraction of sp³-hybridized carbons (Fsp3) is 0.241. The van der Waals surface area contributed by atoms with Gasteiger partial charge in [0.05, 0.1) is 0 Å². The molecule has 0 aliphatic carbocycles. The lowest BCUT2D eigenvalue weighted by molar-refractivity contribution is 0.918.